The van der Waals surface area contributed by atoms with Crippen molar-refractivity contribution in [3.8, 4) is 11.4 Å². The molecular weight excluding hydrogens is 240 g/mol. The molecule has 5 nitrogen and oxygen atoms in total. The van der Waals surface area contributed by atoms with Gasteiger partial charge in [-0.1, -0.05) is 5.21 Å². The lowest BCUT2D eigenvalue weighted by molar-refractivity contribution is 0.340. The third-order valence-electron chi connectivity index (χ3n) is 3.33. The number of nitrogens with two attached hydrogens (primary N) is 1. The summed E-state index contributed by atoms with van der Waals surface area (Å²) in [4.78, 5) is 0. The molecule has 0 saturated heterocycles. The summed E-state index contributed by atoms with van der Waals surface area (Å²) in [6.07, 6.45) is 2.41. The van der Waals surface area contributed by atoms with Crippen LogP contribution in [0.5, 0.6) is 5.75 Å². The zero-order chi connectivity index (χ0) is 13.2. The Labute approximate surface area is 112 Å². The van der Waals surface area contributed by atoms with Crippen LogP contribution in [-0.4, -0.2) is 21.6 Å². The zero-order valence-electron chi connectivity index (χ0n) is 11.0. The first-order chi connectivity index (χ1) is 9.33. The van der Waals surface area contributed by atoms with Crippen LogP contribution in [0.3, 0.4) is 0 Å². The second-order valence-electron chi connectivity index (χ2n) is 4.74. The van der Waals surface area contributed by atoms with Gasteiger partial charge in [0.1, 0.15) is 11.4 Å². The van der Waals surface area contributed by atoms with Crippen molar-refractivity contribution < 1.29 is 4.74 Å². The standard InChI is InChI=1S/C14H18N4O/c1-2-19-12-7-5-11(6-8-12)18-14(10-3-4-10)13(9-15)16-17-18/h5-8,10H,2-4,9,15H2,1H3. The molecule has 0 radical (unpaired) electrons. The Morgan fingerprint density at radius 3 is 2.63 bits per heavy atom. The van der Waals surface area contributed by atoms with Gasteiger partial charge in [0, 0.05) is 12.5 Å². The predicted octanol–water partition coefficient (Wildman–Crippen LogP) is 2.00. The molecule has 2 aromatic rings. The third-order valence-corrected chi connectivity index (χ3v) is 3.33. The van der Waals surface area contributed by atoms with Gasteiger partial charge in [-0.05, 0) is 44.0 Å². The Morgan fingerprint density at radius 1 is 1.32 bits per heavy atom. The van der Waals surface area contributed by atoms with Crippen molar-refractivity contribution in [2.24, 2.45) is 5.73 Å². The van der Waals surface area contributed by atoms with E-state index in [0.29, 0.717) is 19.1 Å². The fourth-order valence-corrected chi connectivity index (χ4v) is 2.27. The fourth-order valence-electron chi connectivity index (χ4n) is 2.27. The first-order valence-corrected chi connectivity index (χ1v) is 6.71. The molecule has 0 aliphatic heterocycles. The molecule has 1 aromatic heterocycles. The Hall–Kier alpha value is -1.88. The normalized spacial score (nSPS) is 14.6. The maximum Gasteiger partial charge on any atom is 0.119 e. The van der Waals surface area contributed by atoms with Gasteiger partial charge < -0.3 is 10.5 Å². The minimum absolute atomic E-state index is 0.447. The van der Waals surface area contributed by atoms with Crippen molar-refractivity contribution in [1.82, 2.24) is 15.0 Å². The van der Waals surface area contributed by atoms with Crippen LogP contribution in [0, 0.1) is 0 Å². The summed E-state index contributed by atoms with van der Waals surface area (Å²) in [7, 11) is 0. The number of rotatable bonds is 5. The van der Waals surface area contributed by atoms with Gasteiger partial charge >= 0.3 is 0 Å². The molecule has 0 amide bonds. The quantitative estimate of drug-likeness (QED) is 0.890. The highest BCUT2D eigenvalue weighted by molar-refractivity contribution is 5.39. The summed E-state index contributed by atoms with van der Waals surface area (Å²) >= 11 is 0. The van der Waals surface area contributed by atoms with E-state index in [1.54, 1.807) is 0 Å². The van der Waals surface area contributed by atoms with E-state index < -0.39 is 0 Å². The van der Waals surface area contributed by atoms with E-state index in [1.807, 2.05) is 35.9 Å². The van der Waals surface area contributed by atoms with Gasteiger partial charge in [-0.2, -0.15) is 0 Å². The number of benzene rings is 1. The largest absolute Gasteiger partial charge is 0.494 e. The lowest BCUT2D eigenvalue weighted by Crippen LogP contribution is -2.05. The van der Waals surface area contributed by atoms with Crippen LogP contribution in [-0.2, 0) is 6.54 Å². The molecule has 1 saturated carbocycles. The highest BCUT2D eigenvalue weighted by Gasteiger charge is 2.31. The van der Waals surface area contributed by atoms with E-state index in [2.05, 4.69) is 10.3 Å². The summed E-state index contributed by atoms with van der Waals surface area (Å²) in [5, 5.41) is 8.43. The molecule has 3 rings (SSSR count). The minimum Gasteiger partial charge on any atom is -0.494 e. The number of hydrogen-bond acceptors (Lipinski definition) is 4. The summed E-state index contributed by atoms with van der Waals surface area (Å²) < 4.78 is 7.36. The molecule has 1 fully saturated rings. The van der Waals surface area contributed by atoms with E-state index in [-0.39, 0.29) is 0 Å². The molecule has 0 spiro atoms. The Bertz CT molecular complexity index is 557. The topological polar surface area (TPSA) is 66.0 Å². The van der Waals surface area contributed by atoms with Crippen LogP contribution >= 0.6 is 0 Å². The van der Waals surface area contributed by atoms with E-state index >= 15 is 0 Å². The molecule has 1 aliphatic rings. The number of aromatic nitrogens is 3. The van der Waals surface area contributed by atoms with Crippen LogP contribution in [0.15, 0.2) is 24.3 Å². The minimum atomic E-state index is 0.447. The van der Waals surface area contributed by atoms with Crippen LogP contribution in [0.2, 0.25) is 0 Å². The summed E-state index contributed by atoms with van der Waals surface area (Å²) in [5.74, 6) is 1.44. The average Bonchev–Trinajstić information content (AvgIpc) is 3.19. The van der Waals surface area contributed by atoms with Gasteiger partial charge in [0.15, 0.2) is 0 Å². The molecule has 2 N–H and O–H groups in total. The van der Waals surface area contributed by atoms with Crippen molar-refractivity contribution in [2.75, 3.05) is 6.61 Å². The first kappa shape index (κ1) is 12.2. The van der Waals surface area contributed by atoms with Crippen LogP contribution in [0.1, 0.15) is 37.1 Å². The predicted molar refractivity (Wildman–Crippen MR) is 72.4 cm³/mol. The lowest BCUT2D eigenvalue weighted by Gasteiger charge is -2.08. The highest BCUT2D eigenvalue weighted by Crippen LogP contribution is 2.41. The van der Waals surface area contributed by atoms with Crippen molar-refractivity contribution in [3.63, 3.8) is 0 Å². The Balaban J connectivity index is 1.95. The molecule has 5 heteroatoms. The molecule has 0 atom stereocenters. The van der Waals surface area contributed by atoms with Gasteiger partial charge in [0.25, 0.3) is 0 Å². The number of hydrogen-bond donors (Lipinski definition) is 1. The SMILES string of the molecule is CCOc1ccc(-n2nnc(CN)c2C2CC2)cc1. The Kier molecular flexibility index (Phi) is 3.21. The van der Waals surface area contributed by atoms with Crippen molar-refractivity contribution in [3.05, 3.63) is 35.7 Å². The maximum atomic E-state index is 5.74. The smallest absolute Gasteiger partial charge is 0.119 e. The van der Waals surface area contributed by atoms with Gasteiger partial charge in [-0.15, -0.1) is 5.10 Å². The second kappa shape index (κ2) is 5.01. The molecule has 1 aromatic carbocycles. The van der Waals surface area contributed by atoms with E-state index in [0.717, 1.165) is 17.1 Å². The van der Waals surface area contributed by atoms with Crippen LogP contribution < -0.4 is 10.5 Å². The second-order valence-corrected chi connectivity index (χ2v) is 4.74. The van der Waals surface area contributed by atoms with Gasteiger partial charge in [0.2, 0.25) is 0 Å². The molecule has 100 valence electrons. The number of ether oxygens (including phenoxy) is 1. The first-order valence-electron chi connectivity index (χ1n) is 6.71. The molecule has 0 unspecified atom stereocenters. The van der Waals surface area contributed by atoms with Crippen LogP contribution in [0.4, 0.5) is 0 Å². The summed E-state index contributed by atoms with van der Waals surface area (Å²) in [6.45, 7) is 3.10. The highest BCUT2D eigenvalue weighted by atomic mass is 16.5. The zero-order valence-corrected chi connectivity index (χ0v) is 11.0. The molecule has 19 heavy (non-hydrogen) atoms. The van der Waals surface area contributed by atoms with Gasteiger partial charge in [-0.25, -0.2) is 4.68 Å². The molecule has 0 bridgehead atoms. The van der Waals surface area contributed by atoms with Crippen LogP contribution in [0.25, 0.3) is 5.69 Å². The van der Waals surface area contributed by atoms with Crippen molar-refractivity contribution in [2.45, 2.75) is 32.2 Å². The van der Waals surface area contributed by atoms with Gasteiger partial charge in [0.05, 0.1) is 18.0 Å². The van der Waals surface area contributed by atoms with E-state index in [9.17, 15) is 0 Å². The Morgan fingerprint density at radius 2 is 2.05 bits per heavy atom. The molecular formula is C14H18N4O. The maximum absolute atomic E-state index is 5.74. The van der Waals surface area contributed by atoms with Crippen molar-refractivity contribution in [1.29, 1.82) is 0 Å². The van der Waals surface area contributed by atoms with E-state index in [1.165, 1.54) is 18.5 Å². The monoisotopic (exact) mass is 258 g/mol. The lowest BCUT2D eigenvalue weighted by atomic mass is 10.2. The summed E-state index contributed by atoms with van der Waals surface area (Å²) in [6, 6.07) is 7.93. The van der Waals surface area contributed by atoms with E-state index in [4.69, 9.17) is 10.5 Å². The summed E-state index contributed by atoms with van der Waals surface area (Å²) in [5.41, 5.74) is 8.83. The van der Waals surface area contributed by atoms with Crippen molar-refractivity contribution >= 4 is 0 Å². The third kappa shape index (κ3) is 2.33. The fraction of sp³-hybridized carbons (Fsp3) is 0.429. The molecule has 1 aliphatic carbocycles. The van der Waals surface area contributed by atoms with Gasteiger partial charge in [-0.3, -0.25) is 0 Å². The number of nitrogens with zero attached hydrogens (tertiary/aromatic N) is 3. The molecule has 1 heterocycles. The average molecular weight is 258 g/mol.